The summed E-state index contributed by atoms with van der Waals surface area (Å²) >= 11 is 0. The van der Waals surface area contributed by atoms with E-state index in [1.54, 1.807) is 16.4 Å². The molecule has 1 aromatic heterocycles. The molecule has 0 saturated carbocycles. The van der Waals surface area contributed by atoms with E-state index in [1.165, 1.54) is 0 Å². The molecule has 2 aliphatic rings. The Morgan fingerprint density at radius 2 is 1.56 bits per heavy atom. The molecule has 0 radical (unpaired) electrons. The lowest BCUT2D eigenvalue weighted by Crippen LogP contribution is -2.34. The first kappa shape index (κ1) is 21.1. The van der Waals surface area contributed by atoms with Crippen molar-refractivity contribution in [2.24, 2.45) is 0 Å². The van der Waals surface area contributed by atoms with Gasteiger partial charge in [-0.15, -0.1) is 0 Å². The van der Waals surface area contributed by atoms with E-state index in [4.69, 9.17) is 5.10 Å². The summed E-state index contributed by atoms with van der Waals surface area (Å²) < 4.78 is 32.0. The van der Waals surface area contributed by atoms with Gasteiger partial charge >= 0.3 is 0 Å². The van der Waals surface area contributed by atoms with Crippen molar-refractivity contribution in [3.8, 4) is 5.69 Å². The summed E-state index contributed by atoms with van der Waals surface area (Å²) in [5.74, 6) is -0.140. The number of fused-ring (bicyclic) bond motifs is 6. The average Bonchev–Trinajstić information content (AvgIpc) is 3.49. The van der Waals surface area contributed by atoms with Crippen molar-refractivity contribution in [2.45, 2.75) is 23.8 Å². The van der Waals surface area contributed by atoms with Gasteiger partial charge in [0.05, 0.1) is 27.8 Å². The molecule has 176 valence electrons. The van der Waals surface area contributed by atoms with E-state index in [1.807, 2.05) is 96.7 Å². The van der Waals surface area contributed by atoms with Crippen molar-refractivity contribution in [1.29, 1.82) is 0 Å². The van der Waals surface area contributed by atoms with E-state index >= 15 is 0 Å². The summed E-state index contributed by atoms with van der Waals surface area (Å²) in [6, 6.07) is 28.6. The fourth-order valence-electron chi connectivity index (χ4n) is 5.58. The molecule has 5 nitrogen and oxygen atoms in total. The molecule has 1 aliphatic carbocycles. The summed E-state index contributed by atoms with van der Waals surface area (Å²) in [5, 5.41) is 5.86. The maximum absolute atomic E-state index is 14.2. The van der Waals surface area contributed by atoms with Crippen molar-refractivity contribution in [2.75, 3.05) is 4.31 Å². The first-order valence-corrected chi connectivity index (χ1v) is 13.4. The minimum atomic E-state index is -3.84. The lowest BCUT2D eigenvalue weighted by Gasteiger charge is -2.32. The highest BCUT2D eigenvalue weighted by molar-refractivity contribution is 7.92. The quantitative estimate of drug-likeness (QED) is 0.295. The number of sulfonamides is 1. The molecular weight excluding hydrogens is 466 g/mol. The topological polar surface area (TPSA) is 55.2 Å². The van der Waals surface area contributed by atoms with Crippen LogP contribution in [-0.2, 0) is 10.0 Å². The van der Waals surface area contributed by atoms with Gasteiger partial charge in [0.25, 0.3) is 10.0 Å². The molecule has 0 amide bonds. The van der Waals surface area contributed by atoms with E-state index in [0.717, 1.165) is 38.8 Å². The monoisotopic (exact) mass is 489 g/mol. The average molecular weight is 490 g/mol. The molecule has 0 unspecified atom stereocenters. The van der Waals surface area contributed by atoms with Crippen LogP contribution in [0.5, 0.6) is 0 Å². The minimum absolute atomic E-state index is 0.140. The van der Waals surface area contributed by atoms with Gasteiger partial charge in [0, 0.05) is 23.1 Å². The molecule has 4 aromatic carbocycles. The highest BCUT2D eigenvalue weighted by Gasteiger charge is 2.47. The van der Waals surface area contributed by atoms with Crippen LogP contribution in [0.4, 0.5) is 5.69 Å². The molecule has 0 bridgehead atoms. The second-order valence-electron chi connectivity index (χ2n) is 9.41. The van der Waals surface area contributed by atoms with Gasteiger partial charge in [-0.1, -0.05) is 78.4 Å². The second kappa shape index (κ2) is 7.67. The second-order valence-corrected chi connectivity index (χ2v) is 11.2. The van der Waals surface area contributed by atoms with Crippen LogP contribution < -0.4 is 4.31 Å². The van der Waals surface area contributed by atoms with E-state index in [9.17, 15) is 8.42 Å². The number of anilines is 1. The van der Waals surface area contributed by atoms with Crippen LogP contribution in [0.1, 0.15) is 34.2 Å². The van der Waals surface area contributed by atoms with Crippen LogP contribution >= 0.6 is 0 Å². The van der Waals surface area contributed by atoms with Crippen LogP contribution in [0, 0.1) is 6.92 Å². The van der Waals surface area contributed by atoms with Crippen LogP contribution in [-0.4, -0.2) is 18.2 Å². The van der Waals surface area contributed by atoms with E-state index < -0.39 is 10.0 Å². The van der Waals surface area contributed by atoms with Gasteiger partial charge in [0.1, 0.15) is 0 Å². The molecule has 0 N–H and O–H groups in total. The molecule has 7 rings (SSSR count). The molecule has 5 aromatic rings. The summed E-state index contributed by atoms with van der Waals surface area (Å²) in [4.78, 5) is 0.293. The first-order chi connectivity index (χ1) is 17.5. The molecule has 0 fully saturated rings. The van der Waals surface area contributed by atoms with Gasteiger partial charge in [0.2, 0.25) is 0 Å². The third-order valence-corrected chi connectivity index (χ3v) is 9.07. The maximum Gasteiger partial charge on any atom is 0.264 e. The summed E-state index contributed by atoms with van der Waals surface area (Å²) in [6.45, 7) is 1.96. The van der Waals surface area contributed by atoms with E-state index in [-0.39, 0.29) is 12.0 Å². The summed E-state index contributed by atoms with van der Waals surface area (Å²) in [5.41, 5.74) is 6.53. The number of benzene rings is 4. The van der Waals surface area contributed by atoms with Crippen LogP contribution in [0.15, 0.2) is 108 Å². The predicted octanol–water partition coefficient (Wildman–Crippen LogP) is 6.39. The lowest BCUT2D eigenvalue weighted by molar-refractivity contribution is 0.575. The summed E-state index contributed by atoms with van der Waals surface area (Å²) in [6.07, 6.45) is 6.26. The fourth-order valence-corrected chi connectivity index (χ4v) is 7.25. The number of aryl methyl sites for hydroxylation is 1. The lowest BCUT2D eigenvalue weighted by atomic mass is 9.83. The smallest absolute Gasteiger partial charge is 0.257 e. The zero-order valence-electron chi connectivity index (χ0n) is 19.6. The Morgan fingerprint density at radius 3 is 2.39 bits per heavy atom. The van der Waals surface area contributed by atoms with E-state index in [0.29, 0.717) is 10.6 Å². The molecule has 0 saturated heterocycles. The normalized spacial score (nSPS) is 18.2. The molecule has 2 atom stereocenters. The number of hydrogen-bond acceptors (Lipinski definition) is 3. The maximum atomic E-state index is 14.2. The number of nitrogens with zero attached hydrogens (tertiary/aromatic N) is 3. The number of rotatable bonds is 3. The van der Waals surface area contributed by atoms with Crippen molar-refractivity contribution in [3.05, 3.63) is 126 Å². The molecule has 6 heteroatoms. The van der Waals surface area contributed by atoms with Crippen LogP contribution in [0.3, 0.4) is 0 Å². The highest BCUT2D eigenvalue weighted by Crippen LogP contribution is 2.56. The Kier molecular flexibility index (Phi) is 4.51. The molecular formula is C30H23N3O2S. The molecule has 1 aliphatic heterocycles. The van der Waals surface area contributed by atoms with Gasteiger partial charge < -0.3 is 0 Å². The van der Waals surface area contributed by atoms with E-state index in [2.05, 4.69) is 12.2 Å². The predicted molar refractivity (Wildman–Crippen MR) is 143 cm³/mol. The van der Waals surface area contributed by atoms with Crippen LogP contribution in [0.2, 0.25) is 0 Å². The third kappa shape index (κ3) is 3.01. The van der Waals surface area contributed by atoms with Gasteiger partial charge in [0.15, 0.2) is 0 Å². The van der Waals surface area contributed by atoms with Gasteiger partial charge in [-0.3, -0.25) is 4.31 Å². The number of hydrogen-bond donors (Lipinski definition) is 0. The standard InChI is InChI=1S/C30H23N3O2S/c1-20-13-16-23(17-14-20)36(34,35)33-28-12-6-11-27(32-19-22-8-3-5-10-26(22)31-32)29(28)25-18-15-21-7-2-4-9-24(21)30(25)33/h2-19,25,30H,1H3/t25-,30-/m1/s1. The van der Waals surface area contributed by atoms with Crippen molar-refractivity contribution < 1.29 is 8.42 Å². The number of aromatic nitrogens is 2. The Morgan fingerprint density at radius 1 is 0.806 bits per heavy atom. The minimum Gasteiger partial charge on any atom is -0.257 e. The Labute approximate surface area is 210 Å². The van der Waals surface area contributed by atoms with Gasteiger partial charge in [-0.2, -0.15) is 5.10 Å². The zero-order valence-corrected chi connectivity index (χ0v) is 20.4. The first-order valence-electron chi connectivity index (χ1n) is 12.0. The highest BCUT2D eigenvalue weighted by atomic mass is 32.2. The molecule has 2 heterocycles. The van der Waals surface area contributed by atoms with Gasteiger partial charge in [-0.05, 0) is 48.4 Å². The Balaban J connectivity index is 1.49. The Bertz CT molecular complexity index is 1750. The molecule has 0 spiro atoms. The third-order valence-electron chi connectivity index (χ3n) is 7.26. The van der Waals surface area contributed by atoms with Crippen LogP contribution in [0.25, 0.3) is 22.7 Å². The van der Waals surface area contributed by atoms with Gasteiger partial charge in [-0.25, -0.2) is 13.1 Å². The summed E-state index contributed by atoms with van der Waals surface area (Å²) in [7, 11) is -3.84. The SMILES string of the molecule is Cc1ccc(S(=O)(=O)N2c3cccc(-n4cc5ccccc5n4)c3[C@H]3C=Cc4ccccc4[C@H]32)cc1. The van der Waals surface area contributed by atoms with Crippen molar-refractivity contribution >= 4 is 32.7 Å². The fraction of sp³-hybridized carbons (Fsp3) is 0.100. The molecule has 36 heavy (non-hydrogen) atoms. The Hall–Kier alpha value is -4.16. The van der Waals surface area contributed by atoms with Crippen molar-refractivity contribution in [3.63, 3.8) is 0 Å². The largest absolute Gasteiger partial charge is 0.264 e. The zero-order chi connectivity index (χ0) is 24.4. The van der Waals surface area contributed by atoms with Crippen molar-refractivity contribution in [1.82, 2.24) is 9.78 Å².